The van der Waals surface area contributed by atoms with Gasteiger partial charge in [0.05, 0.1) is 14.2 Å². The monoisotopic (exact) mass is 274 g/mol. The van der Waals surface area contributed by atoms with Gasteiger partial charge in [0, 0.05) is 37.0 Å². The Labute approximate surface area is 118 Å². The highest BCUT2D eigenvalue weighted by Crippen LogP contribution is 2.23. The van der Waals surface area contributed by atoms with E-state index in [0.29, 0.717) is 24.7 Å². The topological polar surface area (TPSA) is 63.6 Å². The van der Waals surface area contributed by atoms with E-state index in [0.717, 1.165) is 11.1 Å². The molecule has 0 aliphatic heterocycles. The summed E-state index contributed by atoms with van der Waals surface area (Å²) in [5.74, 6) is 1.47. The van der Waals surface area contributed by atoms with Crippen LogP contribution >= 0.6 is 0 Å². The summed E-state index contributed by atoms with van der Waals surface area (Å²) in [6, 6.07) is 9.04. The van der Waals surface area contributed by atoms with Gasteiger partial charge in [-0.05, 0) is 11.6 Å². The van der Waals surface area contributed by atoms with Gasteiger partial charge < -0.3 is 19.9 Å². The van der Waals surface area contributed by atoms with Crippen LogP contribution in [0.2, 0.25) is 0 Å². The lowest BCUT2D eigenvalue weighted by Crippen LogP contribution is -2.13. The lowest BCUT2D eigenvalue weighted by molar-refractivity contribution is 0.397. The normalized spacial score (nSPS) is 10.3. The molecule has 1 aromatic carbocycles. The van der Waals surface area contributed by atoms with E-state index in [2.05, 4.69) is 10.3 Å². The van der Waals surface area contributed by atoms with Crippen LogP contribution in [0, 0.1) is 0 Å². The highest BCUT2D eigenvalue weighted by molar-refractivity contribution is 5.39. The van der Waals surface area contributed by atoms with E-state index in [1.807, 2.05) is 24.3 Å². The summed E-state index contributed by atoms with van der Waals surface area (Å²) in [5.41, 5.74) is 1.88. The van der Waals surface area contributed by atoms with Crippen LogP contribution in [0.4, 0.5) is 0 Å². The molecule has 2 aromatic rings. The third-order valence-electron chi connectivity index (χ3n) is 2.94. The van der Waals surface area contributed by atoms with Gasteiger partial charge >= 0.3 is 0 Å². The molecule has 0 fully saturated rings. The van der Waals surface area contributed by atoms with Crippen LogP contribution in [-0.4, -0.2) is 24.3 Å². The van der Waals surface area contributed by atoms with Gasteiger partial charge in [-0.1, -0.05) is 12.1 Å². The van der Waals surface area contributed by atoms with Crippen LogP contribution in [0.25, 0.3) is 0 Å². The Balaban J connectivity index is 1.88. The number of hydrogen-bond donors (Lipinski definition) is 2. The van der Waals surface area contributed by atoms with Crippen LogP contribution in [0.1, 0.15) is 11.1 Å². The Bertz CT molecular complexity index is 556. The number of phenolic OH excluding ortho intramolecular Hbond substituents is 1. The quantitative estimate of drug-likeness (QED) is 0.844. The minimum atomic E-state index is 0.227. The summed E-state index contributed by atoms with van der Waals surface area (Å²) < 4.78 is 10.0. The number of benzene rings is 1. The van der Waals surface area contributed by atoms with Gasteiger partial charge in [-0.3, -0.25) is 0 Å². The summed E-state index contributed by atoms with van der Waals surface area (Å²) in [5, 5.41) is 13.1. The fourth-order valence-corrected chi connectivity index (χ4v) is 1.80. The van der Waals surface area contributed by atoms with Crippen molar-refractivity contribution in [3.05, 3.63) is 47.7 Å². The van der Waals surface area contributed by atoms with Crippen molar-refractivity contribution in [3.8, 4) is 17.4 Å². The van der Waals surface area contributed by atoms with Gasteiger partial charge in [0.2, 0.25) is 5.88 Å². The number of ether oxygens (including phenoxy) is 2. The average molecular weight is 274 g/mol. The van der Waals surface area contributed by atoms with Gasteiger partial charge in [0.25, 0.3) is 0 Å². The lowest BCUT2D eigenvalue weighted by Gasteiger charge is -2.08. The van der Waals surface area contributed by atoms with Crippen molar-refractivity contribution in [3.63, 3.8) is 0 Å². The highest BCUT2D eigenvalue weighted by atomic mass is 16.5. The smallest absolute Gasteiger partial charge is 0.212 e. The second kappa shape index (κ2) is 6.77. The first kappa shape index (κ1) is 14.1. The van der Waals surface area contributed by atoms with Gasteiger partial charge in [-0.25, -0.2) is 4.98 Å². The molecule has 0 amide bonds. The molecule has 2 rings (SSSR count). The van der Waals surface area contributed by atoms with Crippen LogP contribution in [0.15, 0.2) is 36.5 Å². The van der Waals surface area contributed by atoms with Crippen molar-refractivity contribution in [1.82, 2.24) is 10.3 Å². The summed E-state index contributed by atoms with van der Waals surface area (Å²) in [6.07, 6.45) is 1.76. The van der Waals surface area contributed by atoms with Gasteiger partial charge in [0.15, 0.2) is 0 Å². The summed E-state index contributed by atoms with van der Waals surface area (Å²) in [4.78, 5) is 4.13. The van der Waals surface area contributed by atoms with E-state index in [-0.39, 0.29) is 5.75 Å². The van der Waals surface area contributed by atoms with Crippen molar-refractivity contribution >= 4 is 0 Å². The summed E-state index contributed by atoms with van der Waals surface area (Å²) in [6.45, 7) is 1.24. The van der Waals surface area contributed by atoms with E-state index >= 15 is 0 Å². The first-order valence-electron chi connectivity index (χ1n) is 6.28. The average Bonchev–Trinajstić information content (AvgIpc) is 2.49. The number of aromatic hydroxyl groups is 1. The van der Waals surface area contributed by atoms with E-state index < -0.39 is 0 Å². The Morgan fingerprint density at radius 2 is 1.95 bits per heavy atom. The minimum absolute atomic E-state index is 0.227. The van der Waals surface area contributed by atoms with Crippen LogP contribution in [-0.2, 0) is 13.1 Å². The predicted octanol–water partition coefficient (Wildman–Crippen LogP) is 2.09. The van der Waals surface area contributed by atoms with Crippen molar-refractivity contribution < 1.29 is 14.6 Å². The zero-order valence-electron chi connectivity index (χ0n) is 11.6. The molecule has 0 unspecified atom stereocenters. The molecule has 0 saturated heterocycles. The maximum atomic E-state index is 9.84. The molecule has 106 valence electrons. The number of methoxy groups -OCH3 is 2. The SMILES string of the molecule is COc1ccc(CNCc2ccc(OC)nc2)c(O)c1. The molecule has 0 aliphatic rings. The van der Waals surface area contributed by atoms with Gasteiger partial charge in [-0.15, -0.1) is 0 Å². The molecule has 1 heterocycles. The number of aromatic nitrogens is 1. The number of hydrogen-bond acceptors (Lipinski definition) is 5. The highest BCUT2D eigenvalue weighted by Gasteiger charge is 2.03. The zero-order valence-corrected chi connectivity index (χ0v) is 11.6. The second-order valence-electron chi connectivity index (χ2n) is 4.31. The largest absolute Gasteiger partial charge is 0.507 e. The summed E-state index contributed by atoms with van der Waals surface area (Å²) >= 11 is 0. The zero-order chi connectivity index (χ0) is 14.4. The molecule has 0 atom stereocenters. The Morgan fingerprint density at radius 1 is 1.10 bits per heavy atom. The molecule has 5 heteroatoms. The van der Waals surface area contributed by atoms with Gasteiger partial charge in [-0.2, -0.15) is 0 Å². The first-order valence-corrected chi connectivity index (χ1v) is 6.28. The molecule has 5 nitrogen and oxygen atoms in total. The van der Waals surface area contributed by atoms with Crippen molar-refractivity contribution in [2.24, 2.45) is 0 Å². The van der Waals surface area contributed by atoms with E-state index in [4.69, 9.17) is 9.47 Å². The number of nitrogens with zero attached hydrogens (tertiary/aromatic N) is 1. The molecule has 20 heavy (non-hydrogen) atoms. The van der Waals surface area contributed by atoms with E-state index in [1.165, 1.54) is 0 Å². The molecule has 0 aliphatic carbocycles. The van der Waals surface area contributed by atoms with E-state index in [9.17, 15) is 5.11 Å². The molecule has 0 spiro atoms. The Kier molecular flexibility index (Phi) is 4.79. The van der Waals surface area contributed by atoms with Crippen LogP contribution in [0.3, 0.4) is 0 Å². The van der Waals surface area contributed by atoms with Crippen LogP contribution in [0.5, 0.6) is 17.4 Å². The Morgan fingerprint density at radius 3 is 2.55 bits per heavy atom. The fourth-order valence-electron chi connectivity index (χ4n) is 1.80. The van der Waals surface area contributed by atoms with Crippen molar-refractivity contribution in [1.29, 1.82) is 0 Å². The molecule has 1 aromatic heterocycles. The number of nitrogens with one attached hydrogen (secondary N) is 1. The molecule has 0 radical (unpaired) electrons. The maximum Gasteiger partial charge on any atom is 0.212 e. The van der Waals surface area contributed by atoms with Gasteiger partial charge in [0.1, 0.15) is 11.5 Å². The number of phenols is 1. The molecular weight excluding hydrogens is 256 g/mol. The molecular formula is C15H18N2O3. The second-order valence-corrected chi connectivity index (χ2v) is 4.31. The number of pyridine rings is 1. The van der Waals surface area contributed by atoms with Crippen LogP contribution < -0.4 is 14.8 Å². The van der Waals surface area contributed by atoms with Crippen molar-refractivity contribution in [2.45, 2.75) is 13.1 Å². The Hall–Kier alpha value is -2.27. The minimum Gasteiger partial charge on any atom is -0.507 e. The van der Waals surface area contributed by atoms with E-state index in [1.54, 1.807) is 26.5 Å². The molecule has 0 saturated carbocycles. The standard InChI is InChI=1S/C15H18N2O3/c1-19-13-5-4-12(14(18)7-13)10-16-8-11-3-6-15(20-2)17-9-11/h3-7,9,16,18H,8,10H2,1-2H3. The van der Waals surface area contributed by atoms with Crippen molar-refractivity contribution in [2.75, 3.05) is 14.2 Å². The lowest BCUT2D eigenvalue weighted by atomic mass is 10.2. The third kappa shape index (κ3) is 3.61. The predicted molar refractivity (Wildman–Crippen MR) is 76.0 cm³/mol. The number of rotatable bonds is 6. The third-order valence-corrected chi connectivity index (χ3v) is 2.94. The molecule has 0 bridgehead atoms. The first-order chi connectivity index (χ1) is 9.72. The maximum absolute atomic E-state index is 9.84. The fraction of sp³-hybridized carbons (Fsp3) is 0.267. The molecule has 2 N–H and O–H groups in total. The summed E-state index contributed by atoms with van der Waals surface area (Å²) in [7, 11) is 3.16.